The van der Waals surface area contributed by atoms with E-state index in [9.17, 15) is 9.46 Å². The highest BCUT2D eigenvalue weighted by atomic mass is 35.5. The highest BCUT2D eigenvalue weighted by molar-refractivity contribution is 7.48. The Morgan fingerprint density at radius 2 is 1.24 bits per heavy atom. The van der Waals surface area contributed by atoms with Crippen LogP contribution in [0, 0.1) is 0 Å². The molecule has 1 N–H and O–H groups in total. The van der Waals surface area contributed by atoms with Gasteiger partial charge in [0.1, 0.15) is 11.5 Å². The summed E-state index contributed by atoms with van der Waals surface area (Å²) in [6.07, 6.45) is 0. The summed E-state index contributed by atoms with van der Waals surface area (Å²) in [5.41, 5.74) is 1.45. The fourth-order valence-electron chi connectivity index (χ4n) is 2.25. The van der Waals surface area contributed by atoms with E-state index in [0.29, 0.717) is 15.6 Å². The van der Waals surface area contributed by atoms with Gasteiger partial charge in [-0.1, -0.05) is 71.7 Å². The second kappa shape index (κ2) is 7.51. The smallest absolute Gasteiger partial charge is 0.395 e. The molecule has 3 aromatic carbocycles. The number of para-hydroxylation sites is 1. The number of phosphoric acid groups is 1. The maximum absolute atomic E-state index is 12.2. The molecule has 4 nitrogen and oxygen atoms in total. The molecule has 0 aliphatic heterocycles. The summed E-state index contributed by atoms with van der Waals surface area (Å²) in [4.78, 5) is 9.91. The lowest BCUT2D eigenvalue weighted by Crippen LogP contribution is -2.00. The molecule has 25 heavy (non-hydrogen) atoms. The van der Waals surface area contributed by atoms with Crippen molar-refractivity contribution >= 4 is 31.0 Å². The first-order valence-corrected chi connectivity index (χ1v) is 9.51. The van der Waals surface area contributed by atoms with Crippen LogP contribution < -0.4 is 9.05 Å². The zero-order valence-corrected chi connectivity index (χ0v) is 15.2. The molecule has 1 unspecified atom stereocenters. The van der Waals surface area contributed by atoms with Crippen LogP contribution in [0.1, 0.15) is 0 Å². The summed E-state index contributed by atoms with van der Waals surface area (Å²) in [6.45, 7) is 0. The van der Waals surface area contributed by atoms with E-state index >= 15 is 0 Å². The van der Waals surface area contributed by atoms with Crippen molar-refractivity contribution in [1.29, 1.82) is 0 Å². The Hall–Kier alpha value is -1.97. The maximum Gasteiger partial charge on any atom is 0.584 e. The van der Waals surface area contributed by atoms with E-state index in [4.69, 9.17) is 32.2 Å². The van der Waals surface area contributed by atoms with Crippen LogP contribution >= 0.6 is 31.0 Å². The normalized spacial score (nSPS) is 13.1. The molecule has 1 atom stereocenters. The molecule has 3 aromatic rings. The van der Waals surface area contributed by atoms with Crippen LogP contribution in [0.2, 0.25) is 10.0 Å². The third-order valence-corrected chi connectivity index (χ3v) is 4.74. The van der Waals surface area contributed by atoms with Gasteiger partial charge in [0.05, 0.1) is 10.0 Å². The first kappa shape index (κ1) is 17.8. The third-order valence-electron chi connectivity index (χ3n) is 3.26. The summed E-state index contributed by atoms with van der Waals surface area (Å²) < 4.78 is 22.2. The first-order chi connectivity index (χ1) is 11.9. The van der Waals surface area contributed by atoms with E-state index in [2.05, 4.69) is 0 Å². The Morgan fingerprint density at radius 3 is 1.80 bits per heavy atom. The Kier molecular flexibility index (Phi) is 5.36. The topological polar surface area (TPSA) is 55.8 Å². The van der Waals surface area contributed by atoms with Gasteiger partial charge in [-0.25, -0.2) is 4.57 Å². The van der Waals surface area contributed by atoms with Crippen LogP contribution in [0.15, 0.2) is 72.8 Å². The van der Waals surface area contributed by atoms with Crippen molar-refractivity contribution in [2.24, 2.45) is 0 Å². The number of phosphoric ester groups is 1. The number of hydrogen-bond acceptors (Lipinski definition) is 3. The molecular formula is C18H13Cl2O4P. The lowest BCUT2D eigenvalue weighted by Gasteiger charge is -2.15. The summed E-state index contributed by atoms with van der Waals surface area (Å²) >= 11 is 12.6. The molecule has 0 aliphatic rings. The maximum atomic E-state index is 12.2. The van der Waals surface area contributed by atoms with Crippen molar-refractivity contribution < 1.29 is 18.5 Å². The summed E-state index contributed by atoms with van der Waals surface area (Å²) in [6, 6.07) is 20.4. The summed E-state index contributed by atoms with van der Waals surface area (Å²) in [5.74, 6) is 0.253. The largest absolute Gasteiger partial charge is 0.584 e. The predicted molar refractivity (Wildman–Crippen MR) is 99.4 cm³/mol. The minimum Gasteiger partial charge on any atom is -0.395 e. The van der Waals surface area contributed by atoms with Crippen LogP contribution in [0.5, 0.6) is 11.5 Å². The monoisotopic (exact) mass is 394 g/mol. The van der Waals surface area contributed by atoms with Gasteiger partial charge in [0.15, 0.2) is 0 Å². The molecule has 128 valence electrons. The fraction of sp³-hybridized carbons (Fsp3) is 0. The molecule has 0 heterocycles. The Labute approximate surface area is 155 Å². The van der Waals surface area contributed by atoms with E-state index in [1.807, 2.05) is 30.3 Å². The van der Waals surface area contributed by atoms with Crippen LogP contribution in [-0.2, 0) is 4.57 Å². The number of benzene rings is 3. The quantitative estimate of drug-likeness (QED) is 0.522. The van der Waals surface area contributed by atoms with E-state index in [-0.39, 0.29) is 11.5 Å². The Morgan fingerprint density at radius 1 is 0.760 bits per heavy atom. The molecule has 7 heteroatoms. The van der Waals surface area contributed by atoms with Gasteiger partial charge in [-0.15, -0.1) is 0 Å². The van der Waals surface area contributed by atoms with E-state index in [1.165, 1.54) is 12.1 Å². The lowest BCUT2D eigenvalue weighted by molar-refractivity contribution is 0.291. The van der Waals surface area contributed by atoms with Crippen molar-refractivity contribution in [3.8, 4) is 22.6 Å². The molecule has 0 aromatic heterocycles. The van der Waals surface area contributed by atoms with Gasteiger partial charge < -0.3 is 9.05 Å². The van der Waals surface area contributed by atoms with Crippen LogP contribution in [-0.4, -0.2) is 4.89 Å². The molecular weight excluding hydrogens is 382 g/mol. The molecule has 0 saturated carbocycles. The third kappa shape index (κ3) is 4.56. The number of rotatable bonds is 5. The Bertz CT molecular complexity index is 894. The van der Waals surface area contributed by atoms with Gasteiger partial charge in [0.2, 0.25) is 0 Å². The van der Waals surface area contributed by atoms with E-state index in [1.54, 1.807) is 30.3 Å². The first-order valence-electron chi connectivity index (χ1n) is 7.26. The SMILES string of the molecule is O=P(O)(Oc1ccccc1)Oc1cc(Cl)c(-c2ccccc2)c(Cl)c1. The summed E-state index contributed by atoms with van der Waals surface area (Å²) in [7, 11) is -4.38. The highest BCUT2D eigenvalue weighted by Gasteiger charge is 2.26. The van der Waals surface area contributed by atoms with Gasteiger partial charge >= 0.3 is 7.82 Å². The second-order valence-corrected chi connectivity index (χ2v) is 7.21. The van der Waals surface area contributed by atoms with E-state index in [0.717, 1.165) is 5.56 Å². The van der Waals surface area contributed by atoms with E-state index < -0.39 is 7.82 Å². The van der Waals surface area contributed by atoms with Crippen molar-refractivity contribution in [3.63, 3.8) is 0 Å². The highest BCUT2D eigenvalue weighted by Crippen LogP contribution is 2.47. The van der Waals surface area contributed by atoms with Crippen LogP contribution in [0.25, 0.3) is 11.1 Å². The number of hydrogen-bond donors (Lipinski definition) is 1. The molecule has 0 saturated heterocycles. The van der Waals surface area contributed by atoms with Gasteiger partial charge in [0.25, 0.3) is 0 Å². The summed E-state index contributed by atoms with van der Waals surface area (Å²) in [5, 5.41) is 0.599. The molecule has 0 aliphatic carbocycles. The Balaban J connectivity index is 1.85. The predicted octanol–water partition coefficient (Wildman–Crippen LogP) is 6.22. The van der Waals surface area contributed by atoms with Gasteiger partial charge in [-0.2, -0.15) is 0 Å². The average Bonchev–Trinajstić information content (AvgIpc) is 2.55. The molecule has 0 bridgehead atoms. The minimum absolute atomic E-state index is 0.0384. The van der Waals surface area contributed by atoms with Gasteiger partial charge in [-0.3, -0.25) is 4.89 Å². The lowest BCUT2D eigenvalue weighted by atomic mass is 10.1. The molecule has 0 amide bonds. The molecule has 3 rings (SSSR count). The standard InChI is InChI=1S/C18H13Cl2O4P/c19-16-11-15(12-17(20)18(16)13-7-3-1-4-8-13)24-25(21,22)23-14-9-5-2-6-10-14/h1-12H,(H,21,22). The van der Waals surface area contributed by atoms with Crippen molar-refractivity contribution in [3.05, 3.63) is 82.8 Å². The second-order valence-electron chi connectivity index (χ2n) is 5.09. The molecule has 0 fully saturated rings. The van der Waals surface area contributed by atoms with Gasteiger partial charge in [0, 0.05) is 17.7 Å². The average molecular weight is 395 g/mol. The fourth-order valence-corrected chi connectivity index (χ4v) is 3.73. The molecule has 0 radical (unpaired) electrons. The number of halogens is 2. The van der Waals surface area contributed by atoms with Crippen molar-refractivity contribution in [2.45, 2.75) is 0 Å². The zero-order valence-electron chi connectivity index (χ0n) is 12.8. The zero-order chi connectivity index (χ0) is 17.9. The molecule has 0 spiro atoms. The minimum atomic E-state index is -4.38. The van der Waals surface area contributed by atoms with Crippen LogP contribution in [0.3, 0.4) is 0 Å². The van der Waals surface area contributed by atoms with Gasteiger partial charge in [-0.05, 0) is 17.7 Å². The van der Waals surface area contributed by atoms with Crippen molar-refractivity contribution in [2.75, 3.05) is 0 Å². The van der Waals surface area contributed by atoms with Crippen LogP contribution in [0.4, 0.5) is 0 Å². The van der Waals surface area contributed by atoms with Crippen molar-refractivity contribution in [1.82, 2.24) is 0 Å².